The van der Waals surface area contributed by atoms with Crippen LogP contribution in [-0.4, -0.2) is 75.0 Å². The van der Waals surface area contributed by atoms with E-state index in [1.54, 1.807) is 9.44 Å². The summed E-state index contributed by atoms with van der Waals surface area (Å²) in [7, 11) is -7.92. The van der Waals surface area contributed by atoms with Crippen LogP contribution in [0.15, 0.2) is 58.3 Å². The normalized spacial score (nSPS) is 9.64. The van der Waals surface area contributed by atoms with Gasteiger partial charge >= 0.3 is 29.0 Å². The maximum atomic E-state index is 11.5. The number of carboxylic acid groups (broad SMARTS) is 4. The number of hydrogen-bond acceptors (Lipinski definition) is 10. The fourth-order valence-electron chi connectivity index (χ4n) is 2.03. The average Bonchev–Trinajstić information content (AvgIpc) is 2.77. The molecule has 0 atom stereocenters. The van der Waals surface area contributed by atoms with E-state index in [4.69, 9.17) is 10.2 Å². The second kappa shape index (κ2) is 19.6. The van der Waals surface area contributed by atoms with E-state index in [0.29, 0.717) is 0 Å². The van der Waals surface area contributed by atoms with E-state index in [1.807, 2.05) is 0 Å². The second-order valence-corrected chi connectivity index (χ2v) is 9.59. The Morgan fingerprint density at radius 3 is 1.03 bits per heavy atom. The van der Waals surface area contributed by atoms with E-state index >= 15 is 0 Å². The number of rotatable bonds is 10. The minimum Gasteiger partial charge on any atom is -0.549 e. The maximum absolute atomic E-state index is 11.5. The fourth-order valence-corrected chi connectivity index (χ4v) is 3.97. The van der Waals surface area contributed by atoms with E-state index in [1.165, 1.54) is 0 Å². The molecule has 0 aliphatic heterocycles. The number of aliphatic carboxylic acids is 2. The van der Waals surface area contributed by atoms with Gasteiger partial charge in [0.1, 0.15) is 0 Å². The molecule has 0 amide bonds. The van der Waals surface area contributed by atoms with E-state index < -0.39 is 57.0 Å². The molecule has 14 N–H and O–H groups in total. The van der Waals surface area contributed by atoms with Crippen LogP contribution in [-0.2, 0) is 57.7 Å². The van der Waals surface area contributed by atoms with Gasteiger partial charge in [0.2, 0.25) is 20.0 Å². The van der Waals surface area contributed by atoms with Gasteiger partial charge in [-0.3, -0.25) is 0 Å². The standard InChI is InChI=1S/2C9H9NO6S.Cu.4H2O/c2*11-8(12)5-10-17(15,16)7-3-1-6(2-4-7)9(13)14;;;;;/h2*1-4,10H,5H2,(H,11,12)(H,13,14);;4*1H2/q;;+2;;;;. The van der Waals surface area contributed by atoms with Gasteiger partial charge in [-0.05, 0) is 48.5 Å². The summed E-state index contributed by atoms with van der Waals surface area (Å²) in [6.45, 7) is -1.69. The Morgan fingerprint density at radius 2 is 0.846 bits per heavy atom. The number of nitrogens with one attached hydrogen (secondary N) is 2. The summed E-state index contributed by atoms with van der Waals surface area (Å²) in [6, 6.07) is 8.71. The largest absolute Gasteiger partial charge is 2.00 e. The van der Waals surface area contributed by atoms with Crippen LogP contribution in [0.1, 0.15) is 20.7 Å². The molecule has 2 aromatic rings. The van der Waals surface area contributed by atoms with Crippen molar-refractivity contribution in [1.82, 2.24) is 9.44 Å². The molecule has 21 heteroatoms. The third-order valence-corrected chi connectivity index (χ3v) is 6.47. The number of sulfonamides is 2. The van der Waals surface area contributed by atoms with Crippen LogP contribution in [0, 0.1) is 0 Å². The van der Waals surface area contributed by atoms with E-state index in [0.717, 1.165) is 48.5 Å². The van der Waals surface area contributed by atoms with E-state index in [9.17, 15) is 46.2 Å². The maximum Gasteiger partial charge on any atom is 2.00 e. The molecule has 39 heavy (non-hydrogen) atoms. The van der Waals surface area contributed by atoms with Crippen LogP contribution in [0.5, 0.6) is 0 Å². The van der Waals surface area contributed by atoms with E-state index in [-0.39, 0.29) is 59.9 Å². The minimum absolute atomic E-state index is 0. The molecule has 0 saturated heterocycles. The van der Waals surface area contributed by atoms with Crippen molar-refractivity contribution in [2.45, 2.75) is 9.79 Å². The number of benzene rings is 2. The summed E-state index contributed by atoms with van der Waals surface area (Å²) >= 11 is 0. The van der Waals surface area contributed by atoms with Gasteiger partial charge in [-0.2, -0.15) is 0 Å². The number of aromatic carboxylic acids is 2. The molecule has 0 saturated carbocycles. The molecule has 0 aliphatic rings. The van der Waals surface area contributed by atoms with Crippen LogP contribution >= 0.6 is 0 Å². The van der Waals surface area contributed by atoms with Crippen molar-refractivity contribution in [3.63, 3.8) is 0 Å². The first-order chi connectivity index (χ1) is 15.7. The summed E-state index contributed by atoms with van der Waals surface area (Å²) in [5.74, 6) is -5.49. The molecule has 2 aromatic carbocycles. The zero-order valence-electron chi connectivity index (χ0n) is 19.3. The van der Waals surface area contributed by atoms with Gasteiger partial charge in [0.25, 0.3) is 0 Å². The third-order valence-electron chi connectivity index (χ3n) is 3.64. The van der Waals surface area contributed by atoms with Gasteiger partial charge in [-0.15, -0.1) is 0 Å². The van der Waals surface area contributed by atoms with Crippen LogP contribution in [0.2, 0.25) is 0 Å². The summed E-state index contributed by atoms with van der Waals surface area (Å²) in [4.78, 5) is 40.8. The molecule has 0 bridgehead atoms. The van der Waals surface area contributed by atoms with Crippen LogP contribution in [0.25, 0.3) is 0 Å². The van der Waals surface area contributed by atoms with Gasteiger partial charge in [0.05, 0.1) is 45.9 Å². The van der Waals surface area contributed by atoms with Crippen LogP contribution in [0.4, 0.5) is 0 Å². The summed E-state index contributed by atoms with van der Waals surface area (Å²) < 4.78 is 49.4. The molecule has 18 nitrogen and oxygen atoms in total. The van der Waals surface area contributed by atoms with E-state index in [2.05, 4.69) is 0 Å². The number of carbonyl (C=O) groups excluding carboxylic acids is 2. The Kier molecular flexibility index (Phi) is 22.8. The van der Waals surface area contributed by atoms with Crippen molar-refractivity contribution in [3.05, 3.63) is 59.7 Å². The first-order valence-corrected chi connectivity index (χ1v) is 11.7. The summed E-state index contributed by atoms with van der Waals surface area (Å²) in [6.07, 6.45) is 0. The SMILES string of the molecule is O.O.O=C([O-])CNS(=O)(=O)c1ccc(C(=O)O)cc1.O=C([O-])CNS(=O)(=O)c1ccc(C(=O)O)cc1.[Cu+2].[OH3+].[OH3+]. The van der Waals surface area contributed by atoms with Crippen molar-refractivity contribution < 1.29 is 95.4 Å². The van der Waals surface area contributed by atoms with Gasteiger partial charge in [0.15, 0.2) is 0 Å². The van der Waals surface area contributed by atoms with Crippen LogP contribution in [0.3, 0.4) is 0 Å². The van der Waals surface area contributed by atoms with Crippen molar-refractivity contribution in [2.24, 2.45) is 0 Å². The number of hydrogen-bond donors (Lipinski definition) is 4. The molecule has 225 valence electrons. The van der Waals surface area contributed by atoms with Crippen molar-refractivity contribution in [2.75, 3.05) is 13.1 Å². The van der Waals surface area contributed by atoms with Gasteiger partial charge in [0, 0.05) is 0 Å². The monoisotopic (exact) mass is 653 g/mol. The Hall–Kier alpha value is -3.50. The Bertz CT molecular complexity index is 1180. The molecule has 1 radical (unpaired) electrons. The Morgan fingerprint density at radius 1 is 0.615 bits per heavy atom. The minimum atomic E-state index is -3.96. The molecular weight excluding hydrogens is 628 g/mol. The van der Waals surface area contributed by atoms with Gasteiger partial charge in [-0.1, -0.05) is 0 Å². The zero-order valence-corrected chi connectivity index (χ0v) is 21.9. The van der Waals surface area contributed by atoms with Crippen molar-refractivity contribution >= 4 is 43.9 Å². The summed E-state index contributed by atoms with van der Waals surface area (Å²) in [5, 5.41) is 37.4. The summed E-state index contributed by atoms with van der Waals surface area (Å²) in [5.41, 5.74) is -0.132. The third kappa shape index (κ3) is 15.5. The first kappa shape index (κ1) is 45.4. The Balaban J connectivity index is -0.000000175. The number of carbonyl (C=O) groups is 4. The molecular formula is C18H26CuN2O16S2+2. The molecule has 0 unspecified atom stereocenters. The first-order valence-electron chi connectivity index (χ1n) is 8.71. The van der Waals surface area contributed by atoms with Crippen LogP contribution < -0.4 is 19.7 Å². The fraction of sp³-hybridized carbons (Fsp3) is 0.111. The van der Waals surface area contributed by atoms with Crippen molar-refractivity contribution in [3.8, 4) is 0 Å². The average molecular weight is 654 g/mol. The smallest absolute Gasteiger partial charge is 0.549 e. The van der Waals surface area contributed by atoms with Gasteiger partial charge < -0.3 is 51.9 Å². The molecule has 0 aromatic heterocycles. The Labute approximate surface area is 231 Å². The number of carboxylic acids is 4. The zero-order chi connectivity index (χ0) is 26.1. The van der Waals surface area contributed by atoms with Crippen molar-refractivity contribution in [1.29, 1.82) is 0 Å². The molecule has 2 rings (SSSR count). The quantitative estimate of drug-likeness (QED) is 0.137. The molecule has 0 heterocycles. The predicted molar refractivity (Wildman–Crippen MR) is 124 cm³/mol. The molecule has 0 fully saturated rings. The van der Waals surface area contributed by atoms with Gasteiger partial charge in [-0.25, -0.2) is 35.9 Å². The predicted octanol–water partition coefficient (Wildman–Crippen LogP) is -6.67. The second-order valence-electron chi connectivity index (χ2n) is 6.05. The molecule has 0 aliphatic carbocycles. The molecule has 0 spiro atoms. The topological polar surface area (TPSA) is 376 Å².